The van der Waals surface area contributed by atoms with Crippen molar-refractivity contribution in [2.24, 2.45) is 7.05 Å². The van der Waals surface area contributed by atoms with E-state index in [1.807, 2.05) is 25.0 Å². The third-order valence-electron chi connectivity index (χ3n) is 3.25. The quantitative estimate of drug-likeness (QED) is 0.794. The molecule has 0 bridgehead atoms. The van der Waals surface area contributed by atoms with E-state index in [0.29, 0.717) is 6.04 Å². The Morgan fingerprint density at radius 2 is 2.29 bits per heavy atom. The van der Waals surface area contributed by atoms with Crippen LogP contribution < -0.4 is 5.32 Å². The molecule has 0 aromatic carbocycles. The highest BCUT2D eigenvalue weighted by Crippen LogP contribution is 2.14. The van der Waals surface area contributed by atoms with Crippen LogP contribution in [0.15, 0.2) is 12.3 Å². The van der Waals surface area contributed by atoms with E-state index in [1.54, 1.807) is 0 Å². The van der Waals surface area contributed by atoms with Crippen molar-refractivity contribution in [2.45, 2.75) is 31.6 Å². The minimum absolute atomic E-state index is 0.0287. The van der Waals surface area contributed by atoms with Crippen LogP contribution in [0.2, 0.25) is 0 Å². The van der Waals surface area contributed by atoms with Gasteiger partial charge in [0, 0.05) is 31.4 Å². The summed E-state index contributed by atoms with van der Waals surface area (Å²) in [5.41, 5.74) is 1.26. The number of aryl methyl sites for hydroxylation is 2. The van der Waals surface area contributed by atoms with Crippen LogP contribution in [0.5, 0.6) is 0 Å². The van der Waals surface area contributed by atoms with Crippen LogP contribution in [0.1, 0.15) is 18.5 Å². The summed E-state index contributed by atoms with van der Waals surface area (Å²) in [4.78, 5) is 0. The molecule has 5 nitrogen and oxygen atoms in total. The summed E-state index contributed by atoms with van der Waals surface area (Å²) in [5.74, 6) is 0. The molecule has 0 saturated carbocycles. The molecule has 1 aromatic rings. The predicted molar refractivity (Wildman–Crippen MR) is 64.7 cm³/mol. The van der Waals surface area contributed by atoms with Crippen LogP contribution in [0.25, 0.3) is 0 Å². The van der Waals surface area contributed by atoms with Gasteiger partial charge in [-0.15, -0.1) is 0 Å². The molecule has 0 spiro atoms. The van der Waals surface area contributed by atoms with E-state index in [1.165, 1.54) is 5.69 Å². The summed E-state index contributed by atoms with van der Waals surface area (Å²) in [6.07, 6.45) is 4.81. The second-order valence-electron chi connectivity index (χ2n) is 4.38. The maximum Gasteiger partial charge on any atom is 0.159 e. The lowest BCUT2D eigenvalue weighted by Gasteiger charge is -2.19. The summed E-state index contributed by atoms with van der Waals surface area (Å²) >= 11 is 0. The van der Waals surface area contributed by atoms with Gasteiger partial charge in [-0.05, 0) is 26.0 Å². The van der Waals surface area contributed by atoms with Gasteiger partial charge in [0.05, 0.1) is 13.2 Å². The van der Waals surface area contributed by atoms with Gasteiger partial charge < -0.3 is 14.8 Å². The number of ether oxygens (including phenoxy) is 2. The average molecular weight is 239 g/mol. The zero-order valence-electron chi connectivity index (χ0n) is 10.6. The molecule has 17 heavy (non-hydrogen) atoms. The molecule has 1 atom stereocenters. The summed E-state index contributed by atoms with van der Waals surface area (Å²) < 4.78 is 12.9. The highest BCUT2D eigenvalue weighted by molar-refractivity contribution is 5.00. The van der Waals surface area contributed by atoms with Crippen molar-refractivity contribution in [3.8, 4) is 0 Å². The summed E-state index contributed by atoms with van der Waals surface area (Å²) in [5, 5.41) is 7.49. The Morgan fingerprint density at radius 1 is 1.53 bits per heavy atom. The molecule has 2 rings (SSSR count). The monoisotopic (exact) mass is 239 g/mol. The number of nitrogens with one attached hydrogen (secondary N) is 1. The summed E-state index contributed by atoms with van der Waals surface area (Å²) in [6.45, 7) is 1.45. The number of nitrogens with zero attached hydrogens (tertiary/aromatic N) is 2. The molecule has 0 aliphatic carbocycles. The van der Waals surface area contributed by atoms with Crippen LogP contribution in [-0.4, -0.2) is 42.4 Å². The Labute approximate surface area is 102 Å². The summed E-state index contributed by atoms with van der Waals surface area (Å²) in [7, 11) is 3.97. The number of aromatic nitrogens is 2. The van der Waals surface area contributed by atoms with E-state index in [-0.39, 0.29) is 6.29 Å². The second-order valence-corrected chi connectivity index (χ2v) is 4.38. The van der Waals surface area contributed by atoms with Crippen LogP contribution in [0, 0.1) is 0 Å². The number of rotatable bonds is 6. The number of hydrogen-bond acceptors (Lipinski definition) is 4. The lowest BCUT2D eigenvalue weighted by Crippen LogP contribution is -2.31. The minimum Gasteiger partial charge on any atom is -0.350 e. The maximum absolute atomic E-state index is 5.47. The third kappa shape index (κ3) is 3.52. The fourth-order valence-corrected chi connectivity index (χ4v) is 2.12. The smallest absolute Gasteiger partial charge is 0.159 e. The standard InChI is InChI=1S/C12H21N3O2/c1-13-10(9-12-16-7-8-17-12)3-4-11-5-6-14-15(11)2/h5-6,10,12-13H,3-4,7-9H2,1-2H3. The number of hydrogen-bond donors (Lipinski definition) is 1. The SMILES string of the molecule is CNC(CCc1ccnn1C)CC1OCCO1. The Kier molecular flexibility index (Phi) is 4.53. The van der Waals surface area contributed by atoms with Crippen LogP contribution in [0.4, 0.5) is 0 Å². The molecular weight excluding hydrogens is 218 g/mol. The Morgan fingerprint density at radius 3 is 2.88 bits per heavy atom. The van der Waals surface area contributed by atoms with E-state index < -0.39 is 0 Å². The molecule has 1 fully saturated rings. The van der Waals surface area contributed by atoms with E-state index >= 15 is 0 Å². The first-order chi connectivity index (χ1) is 8.29. The van der Waals surface area contributed by atoms with Crippen molar-refractivity contribution < 1.29 is 9.47 Å². The Bertz CT molecular complexity index is 334. The molecule has 96 valence electrons. The van der Waals surface area contributed by atoms with Crippen molar-refractivity contribution in [3.63, 3.8) is 0 Å². The third-order valence-corrected chi connectivity index (χ3v) is 3.25. The van der Waals surface area contributed by atoms with Gasteiger partial charge in [0.1, 0.15) is 0 Å². The van der Waals surface area contributed by atoms with Crippen molar-refractivity contribution in [1.82, 2.24) is 15.1 Å². The van der Waals surface area contributed by atoms with E-state index in [9.17, 15) is 0 Å². The van der Waals surface area contributed by atoms with E-state index in [4.69, 9.17) is 9.47 Å². The molecule has 5 heteroatoms. The largest absolute Gasteiger partial charge is 0.350 e. The highest BCUT2D eigenvalue weighted by atomic mass is 16.7. The molecule has 1 aliphatic rings. The molecule has 1 N–H and O–H groups in total. The topological polar surface area (TPSA) is 48.3 Å². The lowest BCUT2D eigenvalue weighted by atomic mass is 10.1. The van der Waals surface area contributed by atoms with Gasteiger partial charge in [0.2, 0.25) is 0 Å². The van der Waals surface area contributed by atoms with Gasteiger partial charge in [-0.25, -0.2) is 0 Å². The van der Waals surface area contributed by atoms with Gasteiger partial charge in [-0.2, -0.15) is 5.10 Å². The molecule has 1 unspecified atom stereocenters. The molecule has 1 aromatic heterocycles. The zero-order chi connectivity index (χ0) is 12.1. The molecule has 1 saturated heterocycles. The van der Waals surface area contributed by atoms with Crippen molar-refractivity contribution in [1.29, 1.82) is 0 Å². The molecule has 1 aliphatic heterocycles. The van der Waals surface area contributed by atoms with Crippen LogP contribution in [-0.2, 0) is 22.9 Å². The zero-order valence-corrected chi connectivity index (χ0v) is 10.6. The molecule has 0 amide bonds. The van der Waals surface area contributed by atoms with Gasteiger partial charge in [0.15, 0.2) is 6.29 Å². The molecule has 2 heterocycles. The predicted octanol–water partition coefficient (Wildman–Crippen LogP) is 0.704. The van der Waals surface area contributed by atoms with Gasteiger partial charge >= 0.3 is 0 Å². The van der Waals surface area contributed by atoms with Gasteiger partial charge in [0.25, 0.3) is 0 Å². The molecular formula is C12H21N3O2. The molecule has 0 radical (unpaired) electrons. The second kappa shape index (κ2) is 6.14. The Hall–Kier alpha value is -0.910. The van der Waals surface area contributed by atoms with Crippen molar-refractivity contribution in [3.05, 3.63) is 18.0 Å². The minimum atomic E-state index is -0.0287. The first kappa shape index (κ1) is 12.5. The first-order valence-electron chi connectivity index (χ1n) is 6.17. The van der Waals surface area contributed by atoms with E-state index in [2.05, 4.69) is 16.5 Å². The highest BCUT2D eigenvalue weighted by Gasteiger charge is 2.20. The van der Waals surface area contributed by atoms with Gasteiger partial charge in [-0.3, -0.25) is 4.68 Å². The average Bonchev–Trinajstić information content (AvgIpc) is 2.96. The first-order valence-corrected chi connectivity index (χ1v) is 6.17. The van der Waals surface area contributed by atoms with Crippen molar-refractivity contribution >= 4 is 0 Å². The van der Waals surface area contributed by atoms with Gasteiger partial charge in [-0.1, -0.05) is 0 Å². The normalized spacial score (nSPS) is 18.7. The maximum atomic E-state index is 5.47. The lowest BCUT2D eigenvalue weighted by molar-refractivity contribution is -0.0527. The van der Waals surface area contributed by atoms with Crippen molar-refractivity contribution in [2.75, 3.05) is 20.3 Å². The summed E-state index contributed by atoms with van der Waals surface area (Å²) in [6, 6.07) is 2.49. The fourth-order valence-electron chi connectivity index (χ4n) is 2.12. The van der Waals surface area contributed by atoms with E-state index in [0.717, 1.165) is 32.5 Å². The Balaban J connectivity index is 1.77. The fraction of sp³-hybridized carbons (Fsp3) is 0.750. The van der Waals surface area contributed by atoms with Crippen LogP contribution in [0.3, 0.4) is 0 Å². The van der Waals surface area contributed by atoms with Crippen LogP contribution >= 0.6 is 0 Å².